The molecule has 2 fully saturated rings. The second kappa shape index (κ2) is 10.4. The third-order valence-electron chi connectivity index (χ3n) is 6.10. The van der Waals surface area contributed by atoms with E-state index in [0.29, 0.717) is 19.4 Å². The fourth-order valence-electron chi connectivity index (χ4n) is 4.25. The predicted molar refractivity (Wildman–Crippen MR) is 111 cm³/mol. The Kier molecular flexibility index (Phi) is 7.83. The van der Waals surface area contributed by atoms with Crippen molar-refractivity contribution >= 4 is 17.8 Å². The van der Waals surface area contributed by atoms with Crippen molar-refractivity contribution < 1.29 is 39.5 Å². The highest BCUT2D eigenvalue weighted by atomic mass is 16.5. The quantitative estimate of drug-likeness (QED) is 0.356. The van der Waals surface area contributed by atoms with Crippen LogP contribution in [0.4, 0.5) is 0 Å². The average molecular weight is 450 g/mol. The maximum Gasteiger partial charge on any atom is 0.326 e. The molecule has 10 nitrogen and oxygen atoms in total. The first-order valence-corrected chi connectivity index (χ1v) is 10.7. The maximum absolute atomic E-state index is 12.9. The third kappa shape index (κ3) is 5.44. The van der Waals surface area contributed by atoms with Gasteiger partial charge in [-0.2, -0.15) is 0 Å². The number of ether oxygens (including phenoxy) is 1. The van der Waals surface area contributed by atoms with E-state index in [9.17, 15) is 34.8 Å². The number of amides is 2. The molecule has 10 heteroatoms. The van der Waals surface area contributed by atoms with Crippen molar-refractivity contribution in [1.82, 2.24) is 10.2 Å². The number of carbonyl (C=O) groups is 3. The Bertz CT molecular complexity index is 819. The maximum atomic E-state index is 12.9. The Labute approximate surface area is 185 Å². The van der Waals surface area contributed by atoms with Crippen LogP contribution in [0.1, 0.15) is 31.7 Å². The lowest BCUT2D eigenvalue weighted by Crippen LogP contribution is -2.58. The second-order valence-corrected chi connectivity index (χ2v) is 8.39. The lowest BCUT2D eigenvalue weighted by molar-refractivity contribution is -0.219. The number of carbonyl (C=O) groups excluding carboxylic acids is 2. The highest BCUT2D eigenvalue weighted by Crippen LogP contribution is 2.26. The standard InChI is InChI=1S/C22H30N2O8/c1-12-18(26)20(28)19(27)16(32-12)11-17(25)24-9-5-8-15(24)21(29)23-14(22(30)31)10-13-6-3-2-4-7-13/h2-4,6-7,12,14-16,18-20,26-28H,5,8-11H2,1H3,(H,23,29)(H,30,31)/t12-,14-,15-,16-,18+,19+,20+/m0/s1. The SMILES string of the molecule is C[C@@H]1O[C@@H](CC(=O)N2CCC[C@H]2C(=O)N[C@@H](Cc2ccccc2)C(=O)O)[C@@H](O)[C@H](O)[C@@H]1O. The summed E-state index contributed by atoms with van der Waals surface area (Å²) < 4.78 is 5.48. The Hall–Kier alpha value is -2.53. The van der Waals surface area contributed by atoms with Crippen molar-refractivity contribution in [2.24, 2.45) is 0 Å². The van der Waals surface area contributed by atoms with Crippen LogP contribution in [0.2, 0.25) is 0 Å². The van der Waals surface area contributed by atoms with Crippen LogP contribution in [0.3, 0.4) is 0 Å². The van der Waals surface area contributed by atoms with Gasteiger partial charge in [-0.05, 0) is 25.3 Å². The molecule has 2 aliphatic heterocycles. The van der Waals surface area contributed by atoms with Crippen LogP contribution < -0.4 is 5.32 Å². The number of carboxylic acid groups (broad SMARTS) is 1. The summed E-state index contributed by atoms with van der Waals surface area (Å²) in [6.45, 7) is 1.85. The van der Waals surface area contributed by atoms with Gasteiger partial charge in [-0.1, -0.05) is 30.3 Å². The van der Waals surface area contributed by atoms with Crippen LogP contribution in [-0.4, -0.2) is 92.3 Å². The van der Waals surface area contributed by atoms with E-state index in [1.165, 1.54) is 11.8 Å². The van der Waals surface area contributed by atoms with E-state index in [2.05, 4.69) is 5.32 Å². The van der Waals surface area contributed by atoms with Gasteiger partial charge < -0.3 is 35.4 Å². The normalized spacial score (nSPS) is 31.2. The number of hydrogen-bond acceptors (Lipinski definition) is 7. The lowest BCUT2D eigenvalue weighted by atomic mass is 9.93. The zero-order valence-electron chi connectivity index (χ0n) is 17.8. The van der Waals surface area contributed by atoms with E-state index in [1.807, 2.05) is 6.07 Å². The zero-order valence-corrected chi connectivity index (χ0v) is 17.8. The van der Waals surface area contributed by atoms with E-state index >= 15 is 0 Å². The number of nitrogens with one attached hydrogen (secondary N) is 1. The first-order chi connectivity index (χ1) is 15.2. The van der Waals surface area contributed by atoms with E-state index in [4.69, 9.17) is 4.74 Å². The monoisotopic (exact) mass is 450 g/mol. The van der Waals surface area contributed by atoms with Crippen LogP contribution in [0.15, 0.2) is 30.3 Å². The summed E-state index contributed by atoms with van der Waals surface area (Å²) in [4.78, 5) is 38.7. The fraction of sp³-hybridized carbons (Fsp3) is 0.591. The molecule has 2 heterocycles. The number of benzene rings is 1. The van der Waals surface area contributed by atoms with Gasteiger partial charge in [-0.25, -0.2) is 4.79 Å². The number of nitrogens with zero attached hydrogens (tertiary/aromatic N) is 1. The molecule has 1 aromatic carbocycles. The highest BCUT2D eigenvalue weighted by molar-refractivity contribution is 5.91. The molecule has 0 aliphatic carbocycles. The van der Waals surface area contributed by atoms with Crippen molar-refractivity contribution in [2.45, 2.75) is 75.2 Å². The predicted octanol–water partition coefficient (Wildman–Crippen LogP) is -0.950. The van der Waals surface area contributed by atoms with E-state index in [0.717, 1.165) is 5.56 Å². The van der Waals surface area contributed by atoms with Crippen molar-refractivity contribution in [2.75, 3.05) is 6.54 Å². The van der Waals surface area contributed by atoms with Crippen LogP contribution >= 0.6 is 0 Å². The molecule has 5 N–H and O–H groups in total. The van der Waals surface area contributed by atoms with Gasteiger partial charge in [0.1, 0.15) is 30.4 Å². The molecular formula is C22H30N2O8. The Morgan fingerprint density at radius 3 is 2.47 bits per heavy atom. The second-order valence-electron chi connectivity index (χ2n) is 8.39. The molecule has 1 aromatic rings. The van der Waals surface area contributed by atoms with Crippen LogP contribution in [-0.2, 0) is 25.5 Å². The summed E-state index contributed by atoms with van der Waals surface area (Å²) in [5, 5.41) is 42.0. The number of aliphatic carboxylic acids is 1. The lowest BCUT2D eigenvalue weighted by Gasteiger charge is -2.39. The fourth-order valence-corrected chi connectivity index (χ4v) is 4.25. The van der Waals surface area contributed by atoms with Crippen molar-refractivity contribution in [3.05, 3.63) is 35.9 Å². The molecule has 7 atom stereocenters. The highest BCUT2D eigenvalue weighted by Gasteiger charge is 2.44. The number of rotatable bonds is 7. The van der Waals surface area contributed by atoms with Crippen molar-refractivity contribution in [1.29, 1.82) is 0 Å². The van der Waals surface area contributed by atoms with Gasteiger partial charge in [-0.15, -0.1) is 0 Å². The van der Waals surface area contributed by atoms with Gasteiger partial charge in [0.25, 0.3) is 0 Å². The molecular weight excluding hydrogens is 420 g/mol. The summed E-state index contributed by atoms with van der Waals surface area (Å²) >= 11 is 0. The first kappa shape index (κ1) is 24.1. The Balaban J connectivity index is 1.62. The van der Waals surface area contributed by atoms with Crippen LogP contribution in [0.25, 0.3) is 0 Å². The van der Waals surface area contributed by atoms with Crippen molar-refractivity contribution in [3.63, 3.8) is 0 Å². The van der Waals surface area contributed by atoms with E-state index < -0.39 is 60.4 Å². The summed E-state index contributed by atoms with van der Waals surface area (Å²) in [6.07, 6.45) is -5.13. The molecule has 0 aromatic heterocycles. The van der Waals surface area contributed by atoms with E-state index in [1.54, 1.807) is 24.3 Å². The third-order valence-corrected chi connectivity index (χ3v) is 6.10. The molecule has 0 bridgehead atoms. The van der Waals surface area contributed by atoms with Gasteiger partial charge in [0.05, 0.1) is 18.6 Å². The summed E-state index contributed by atoms with van der Waals surface area (Å²) in [6, 6.07) is 6.97. The van der Waals surface area contributed by atoms with Crippen LogP contribution in [0.5, 0.6) is 0 Å². The molecule has 2 amide bonds. The Morgan fingerprint density at radius 1 is 1.12 bits per heavy atom. The molecule has 0 spiro atoms. The number of likely N-dealkylation sites (tertiary alicyclic amines) is 1. The summed E-state index contributed by atoms with van der Waals surface area (Å²) in [5.41, 5.74) is 0.762. The minimum absolute atomic E-state index is 0.114. The van der Waals surface area contributed by atoms with Gasteiger partial charge in [0, 0.05) is 13.0 Å². The van der Waals surface area contributed by atoms with Gasteiger partial charge in [0.2, 0.25) is 11.8 Å². The zero-order chi connectivity index (χ0) is 23.4. The number of hydrogen-bond donors (Lipinski definition) is 5. The largest absolute Gasteiger partial charge is 0.480 e. The van der Waals surface area contributed by atoms with Crippen molar-refractivity contribution in [3.8, 4) is 0 Å². The topological polar surface area (TPSA) is 157 Å². The molecule has 0 radical (unpaired) electrons. The molecule has 2 aliphatic rings. The summed E-state index contributed by atoms with van der Waals surface area (Å²) in [7, 11) is 0. The molecule has 0 unspecified atom stereocenters. The number of aliphatic hydroxyl groups is 3. The molecule has 176 valence electrons. The minimum Gasteiger partial charge on any atom is -0.480 e. The minimum atomic E-state index is -1.44. The van der Waals surface area contributed by atoms with Gasteiger partial charge in [-0.3, -0.25) is 9.59 Å². The average Bonchev–Trinajstić information content (AvgIpc) is 3.26. The molecule has 0 saturated carbocycles. The molecule has 32 heavy (non-hydrogen) atoms. The number of carboxylic acids is 1. The van der Waals surface area contributed by atoms with E-state index in [-0.39, 0.29) is 12.8 Å². The summed E-state index contributed by atoms with van der Waals surface area (Å²) in [5.74, 6) is -2.16. The van der Waals surface area contributed by atoms with Gasteiger partial charge >= 0.3 is 5.97 Å². The number of aliphatic hydroxyl groups excluding tert-OH is 3. The Morgan fingerprint density at radius 2 is 1.81 bits per heavy atom. The smallest absolute Gasteiger partial charge is 0.326 e. The molecule has 3 rings (SSSR count). The van der Waals surface area contributed by atoms with Gasteiger partial charge in [0.15, 0.2) is 0 Å². The first-order valence-electron chi connectivity index (χ1n) is 10.7. The van der Waals surface area contributed by atoms with Crippen LogP contribution in [0, 0.1) is 0 Å². The molecule has 2 saturated heterocycles.